The van der Waals surface area contributed by atoms with Crippen LogP contribution in [-0.2, 0) is 5.11 Å². The molecule has 0 saturated carbocycles. The zero-order chi connectivity index (χ0) is 6.69. The van der Waals surface area contributed by atoms with E-state index in [-0.39, 0.29) is 5.56 Å². The lowest BCUT2D eigenvalue weighted by Crippen LogP contribution is -1.92. The van der Waals surface area contributed by atoms with Crippen LogP contribution in [0.5, 0.6) is 0 Å². The predicted octanol–water partition coefficient (Wildman–Crippen LogP) is 0.652. The highest BCUT2D eigenvalue weighted by Gasteiger charge is 2.00. The molecule has 1 heterocycles. The molecular weight excluding hydrogens is 105 g/mol. The highest BCUT2D eigenvalue weighted by atomic mass is 16.1. The minimum atomic E-state index is -1.19. The first-order valence-corrected chi connectivity index (χ1v) is 2.42. The smallest absolute Gasteiger partial charge is 0.264 e. The van der Waals surface area contributed by atoms with Crippen LogP contribution in [0.25, 0.3) is 0 Å². The summed E-state index contributed by atoms with van der Waals surface area (Å²) in [5, 5.41) is 10.0. The number of rotatable bonds is 1. The summed E-state index contributed by atoms with van der Waals surface area (Å²) >= 11 is 0. The molecule has 0 amide bonds. The minimum Gasteiger partial charge on any atom is -0.264 e. The molecule has 9 heavy (non-hydrogen) atoms. The number of carbonyl (C=O) groups is 1. The molecule has 0 saturated heterocycles. The van der Waals surface area contributed by atoms with E-state index in [0.717, 1.165) is 0 Å². The lowest BCUT2D eigenvalue weighted by Gasteiger charge is -1.84. The van der Waals surface area contributed by atoms with Gasteiger partial charge in [0.1, 0.15) is 0 Å². The molecule has 3 nitrogen and oxygen atoms in total. The average Bonchev–Trinajstić information content (AvgIpc) is 1.90. The van der Waals surface area contributed by atoms with Crippen molar-refractivity contribution >= 4 is 5.97 Å². The number of carbonyl (C=O) groups excluding carboxylic acids is 1. The van der Waals surface area contributed by atoms with Crippen LogP contribution in [0.1, 0.15) is 10.4 Å². The number of nitrogens with zero attached hydrogens (tertiary/aromatic N) is 1. The van der Waals surface area contributed by atoms with E-state index < -0.39 is 5.97 Å². The van der Waals surface area contributed by atoms with Gasteiger partial charge in [-0.15, -0.1) is 0 Å². The van der Waals surface area contributed by atoms with Crippen molar-refractivity contribution in [1.29, 1.82) is 0 Å². The normalized spacial score (nSPS) is 8.89. The van der Waals surface area contributed by atoms with Crippen molar-refractivity contribution < 1.29 is 9.90 Å². The average molecular weight is 109 g/mol. The Morgan fingerprint density at radius 2 is 2.44 bits per heavy atom. The zero-order valence-corrected chi connectivity index (χ0v) is 4.57. The third-order valence-corrected chi connectivity index (χ3v) is 0.897. The van der Waals surface area contributed by atoms with E-state index in [4.69, 9.17) is 0 Å². The van der Waals surface area contributed by atoms with Crippen molar-refractivity contribution in [1.82, 2.24) is 4.98 Å². The van der Waals surface area contributed by atoms with Gasteiger partial charge in [0.2, 0.25) is 0 Å². The molecule has 0 N–H and O–H groups in total. The molecule has 1 aromatic rings. The van der Waals surface area contributed by atoms with Crippen molar-refractivity contribution in [2.24, 2.45) is 0 Å². The third-order valence-electron chi connectivity index (χ3n) is 0.897. The molecular formula is C6H4NO2. The van der Waals surface area contributed by atoms with Gasteiger partial charge in [0.25, 0.3) is 0 Å². The first-order chi connectivity index (χ1) is 4.30. The SMILES string of the molecule is O=C([3O])c1cccnc1. The molecule has 1 radical (unpaired) electrons. The Hall–Kier alpha value is -1.38. The Morgan fingerprint density at radius 3 is 2.78 bits per heavy atom. The van der Waals surface area contributed by atoms with Crippen molar-refractivity contribution in [3.63, 3.8) is 0 Å². The van der Waals surface area contributed by atoms with Crippen molar-refractivity contribution in [3.05, 3.63) is 30.1 Å². The third kappa shape index (κ3) is 1.25. The molecule has 0 aliphatic rings. The summed E-state index contributed by atoms with van der Waals surface area (Å²) in [6, 6.07) is 2.98. The van der Waals surface area contributed by atoms with Gasteiger partial charge in [0.05, 0.1) is 5.56 Å². The molecule has 1 aromatic heterocycles. The zero-order valence-electron chi connectivity index (χ0n) is 4.57. The van der Waals surface area contributed by atoms with Crippen molar-refractivity contribution in [2.75, 3.05) is 0 Å². The van der Waals surface area contributed by atoms with Crippen LogP contribution in [0, 0.1) is 0 Å². The highest BCUT2D eigenvalue weighted by molar-refractivity contribution is 5.86. The van der Waals surface area contributed by atoms with E-state index in [0.29, 0.717) is 0 Å². The fourth-order valence-corrected chi connectivity index (χ4v) is 0.484. The van der Waals surface area contributed by atoms with Crippen molar-refractivity contribution in [2.45, 2.75) is 0 Å². The molecule has 1 rings (SSSR count). The maximum atomic E-state index is 10.0. The van der Waals surface area contributed by atoms with Gasteiger partial charge in [-0.1, -0.05) is 0 Å². The molecule has 0 aliphatic carbocycles. The Kier molecular flexibility index (Phi) is 1.44. The monoisotopic (exact) mass is 109 g/mol. The van der Waals surface area contributed by atoms with Crippen LogP contribution in [0.4, 0.5) is 0 Å². The highest BCUT2D eigenvalue weighted by Crippen LogP contribution is 1.93. The Bertz CT molecular complexity index is 208. The fourth-order valence-electron chi connectivity index (χ4n) is 0.484. The molecule has 0 spiro atoms. The second-order valence-corrected chi connectivity index (χ2v) is 1.53. The van der Waals surface area contributed by atoms with Gasteiger partial charge in [-0.2, -0.15) is 0 Å². The molecule has 45 valence electrons. The maximum Gasteiger partial charge on any atom is 0.387 e. The Balaban J connectivity index is 2.98. The maximum absolute atomic E-state index is 10.0. The predicted molar refractivity (Wildman–Crippen MR) is 29.3 cm³/mol. The summed E-state index contributed by atoms with van der Waals surface area (Å²) in [6.07, 6.45) is 2.75. The van der Waals surface area contributed by atoms with Crippen LogP contribution in [-0.4, -0.2) is 11.0 Å². The molecule has 0 fully saturated rings. The van der Waals surface area contributed by atoms with Crippen molar-refractivity contribution in [3.8, 4) is 0 Å². The lowest BCUT2D eigenvalue weighted by atomic mass is 2.89. The Morgan fingerprint density at radius 1 is 1.67 bits per heavy atom. The van der Waals surface area contributed by atoms with Crippen LogP contribution in [0.15, 0.2) is 24.5 Å². The van der Waals surface area contributed by atoms with E-state index in [1.807, 2.05) is 0 Å². The van der Waals surface area contributed by atoms with Gasteiger partial charge in [-0.25, -0.2) is 9.90 Å². The van der Waals surface area contributed by atoms with Gasteiger partial charge in [0.15, 0.2) is 0 Å². The standard InChI is InChI=1S/C6H4NO2/c8-6(9)5-2-1-3-7-4-5/h1-4H/i8-13. The largest absolute Gasteiger partial charge is 0.387 e. The molecule has 0 aliphatic heterocycles. The Labute approximate surface area is 52.0 Å². The van der Waals surface area contributed by atoms with Gasteiger partial charge >= 0.3 is 5.97 Å². The second kappa shape index (κ2) is 2.26. The van der Waals surface area contributed by atoms with E-state index in [1.165, 1.54) is 18.5 Å². The molecule has 3 heteroatoms. The van der Waals surface area contributed by atoms with Gasteiger partial charge < -0.3 is 0 Å². The molecule has 0 atom stereocenters. The number of aromatic nitrogens is 1. The number of hydrogen-bond donors (Lipinski definition) is 0. The fraction of sp³-hybridized carbons (Fsp3) is 0. The molecule has 0 bridgehead atoms. The minimum absolute atomic E-state index is 0.109. The summed E-state index contributed by atoms with van der Waals surface area (Å²) in [6.45, 7) is 0. The summed E-state index contributed by atoms with van der Waals surface area (Å²) in [5.74, 6) is -1.19. The summed E-state index contributed by atoms with van der Waals surface area (Å²) < 4.78 is 0. The summed E-state index contributed by atoms with van der Waals surface area (Å²) in [5.41, 5.74) is 0.109. The quantitative estimate of drug-likeness (QED) is 0.531. The number of hydrogen-bond acceptors (Lipinski definition) is 2. The first kappa shape index (κ1) is 5.75. The topological polar surface area (TPSA) is 49.9 Å². The second-order valence-electron chi connectivity index (χ2n) is 1.53. The molecule has 0 unspecified atom stereocenters. The lowest BCUT2D eigenvalue weighted by molar-refractivity contribution is 0.0572. The van der Waals surface area contributed by atoms with Crippen LogP contribution >= 0.6 is 0 Å². The van der Waals surface area contributed by atoms with E-state index in [9.17, 15) is 9.90 Å². The van der Waals surface area contributed by atoms with Crippen LogP contribution in [0.2, 0.25) is 0 Å². The molecule has 0 aromatic carbocycles. The van der Waals surface area contributed by atoms with E-state index in [2.05, 4.69) is 4.98 Å². The van der Waals surface area contributed by atoms with Gasteiger partial charge in [-0.05, 0) is 12.1 Å². The van der Waals surface area contributed by atoms with E-state index >= 15 is 0 Å². The summed E-state index contributed by atoms with van der Waals surface area (Å²) in [4.78, 5) is 13.6. The summed E-state index contributed by atoms with van der Waals surface area (Å²) in [7, 11) is 0. The van der Waals surface area contributed by atoms with Gasteiger partial charge in [0, 0.05) is 12.4 Å². The van der Waals surface area contributed by atoms with E-state index in [1.54, 1.807) is 6.07 Å². The van der Waals surface area contributed by atoms with Gasteiger partial charge in [-0.3, -0.25) is 4.98 Å². The number of pyridine rings is 1. The van der Waals surface area contributed by atoms with Crippen LogP contribution in [0.3, 0.4) is 0 Å². The van der Waals surface area contributed by atoms with Crippen LogP contribution < -0.4 is 0 Å². The first-order valence-electron chi connectivity index (χ1n) is 2.42.